The van der Waals surface area contributed by atoms with Crippen molar-refractivity contribution in [1.29, 1.82) is 0 Å². The van der Waals surface area contributed by atoms with Gasteiger partial charge in [-0.3, -0.25) is 4.79 Å². The van der Waals surface area contributed by atoms with Crippen LogP contribution < -0.4 is 16.4 Å². The molecule has 0 bridgehead atoms. The molecule has 1 aromatic heterocycles. The number of nitrogens with one attached hydrogen (secondary N) is 3. The van der Waals surface area contributed by atoms with E-state index < -0.39 is 74.8 Å². The molecule has 0 unspecified atom stereocenters. The summed E-state index contributed by atoms with van der Waals surface area (Å²) in [6.45, 7) is 13.3. The lowest BCUT2D eigenvalue weighted by atomic mass is 9.98. The summed E-state index contributed by atoms with van der Waals surface area (Å²) in [5.41, 5.74) is 9.35. The first-order chi connectivity index (χ1) is 27.6. The molecule has 17 heteroatoms. The zero-order chi connectivity index (χ0) is 42.0. The van der Waals surface area contributed by atoms with Crippen LogP contribution in [0.25, 0.3) is 11.1 Å². The van der Waals surface area contributed by atoms with E-state index in [2.05, 4.69) is 27.2 Å². The molecule has 3 amide bonds. The molecule has 1 fully saturated rings. The second kappa shape index (κ2) is 19.8. The third kappa shape index (κ3) is 11.3. The molecule has 58 heavy (non-hydrogen) atoms. The van der Waals surface area contributed by atoms with E-state index in [1.807, 2.05) is 82.4 Å². The van der Waals surface area contributed by atoms with E-state index in [0.29, 0.717) is 17.9 Å². The minimum atomic E-state index is -2.61. The van der Waals surface area contributed by atoms with Gasteiger partial charge in [-0.1, -0.05) is 82.0 Å². The number of ether oxygens (including phenoxy) is 4. The Morgan fingerprint density at radius 3 is 2.31 bits per heavy atom. The van der Waals surface area contributed by atoms with Crippen LogP contribution in [-0.4, -0.2) is 109 Å². The summed E-state index contributed by atoms with van der Waals surface area (Å²) in [7, 11) is -2.61. The zero-order valence-corrected chi connectivity index (χ0v) is 35.4. The Morgan fingerprint density at radius 1 is 1.03 bits per heavy atom. The maximum absolute atomic E-state index is 13.8. The predicted molar refractivity (Wildman–Crippen MR) is 221 cm³/mol. The zero-order valence-electron chi connectivity index (χ0n) is 33.6. The number of H-pyrrole nitrogens is 1. The highest BCUT2D eigenvalue weighted by atomic mass is 32.2. The SMILES string of the molecule is C=CCOC(=O)N[C@@H]1[C@@H](O[Si](C)(C)C(C)(C)C)[C@@H](O)[C@@H](COC(=O)[C@H](Cc2cnc[nH]2)NC(=O)OCC2c3ccccc3-c3ccccc32)O[C@@H]1SCCCC(N)=O. The van der Waals surface area contributed by atoms with Gasteiger partial charge in [-0.15, -0.1) is 11.8 Å². The van der Waals surface area contributed by atoms with Gasteiger partial charge in [0.2, 0.25) is 5.91 Å². The van der Waals surface area contributed by atoms with Gasteiger partial charge in [0.25, 0.3) is 0 Å². The number of aromatic amines is 1. The molecule has 3 aromatic rings. The van der Waals surface area contributed by atoms with E-state index in [1.165, 1.54) is 30.4 Å². The van der Waals surface area contributed by atoms with Gasteiger partial charge in [-0.25, -0.2) is 19.4 Å². The second-order valence-electron chi connectivity index (χ2n) is 15.8. The van der Waals surface area contributed by atoms with Gasteiger partial charge in [0, 0.05) is 30.7 Å². The molecule has 2 heterocycles. The van der Waals surface area contributed by atoms with Gasteiger partial charge in [-0.05, 0) is 52.6 Å². The molecule has 1 saturated heterocycles. The first-order valence-corrected chi connectivity index (χ1v) is 23.3. The normalized spacial score (nSPS) is 20.9. The Hall–Kier alpha value is -4.68. The molecule has 6 atom stereocenters. The number of carbonyl (C=O) groups excluding carboxylic acids is 4. The Bertz CT molecular complexity index is 1840. The van der Waals surface area contributed by atoms with Crippen molar-refractivity contribution >= 4 is 44.1 Å². The number of imidazole rings is 1. The fourth-order valence-corrected chi connectivity index (χ4v) is 9.14. The van der Waals surface area contributed by atoms with Crippen molar-refractivity contribution in [3.05, 3.63) is 90.5 Å². The van der Waals surface area contributed by atoms with Crippen LogP contribution in [-0.2, 0) is 39.4 Å². The topological polar surface area (TPSA) is 213 Å². The lowest BCUT2D eigenvalue weighted by molar-refractivity contribution is -0.180. The van der Waals surface area contributed by atoms with Crippen LogP contribution in [0.15, 0.2) is 73.7 Å². The van der Waals surface area contributed by atoms with Gasteiger partial charge in [0.05, 0.1) is 18.5 Å². The number of hydrogen-bond donors (Lipinski definition) is 5. The van der Waals surface area contributed by atoms with E-state index >= 15 is 0 Å². The fraction of sp³-hybridized carbons (Fsp3) is 0.488. The number of aliphatic hydroxyl groups excluding tert-OH is 1. The summed E-state index contributed by atoms with van der Waals surface area (Å²) in [4.78, 5) is 58.6. The van der Waals surface area contributed by atoms with Crippen molar-refractivity contribution in [2.24, 2.45) is 5.73 Å². The van der Waals surface area contributed by atoms with E-state index in [-0.39, 0.29) is 37.0 Å². The van der Waals surface area contributed by atoms with Crippen LogP contribution in [0.2, 0.25) is 18.1 Å². The molecule has 314 valence electrons. The average molecular weight is 838 g/mol. The highest BCUT2D eigenvalue weighted by Crippen LogP contribution is 2.45. The van der Waals surface area contributed by atoms with Crippen LogP contribution in [0.3, 0.4) is 0 Å². The van der Waals surface area contributed by atoms with E-state index in [0.717, 1.165) is 22.3 Å². The maximum atomic E-state index is 13.8. The van der Waals surface area contributed by atoms with Gasteiger partial charge < -0.3 is 49.8 Å². The number of primary amides is 1. The summed E-state index contributed by atoms with van der Waals surface area (Å²) >= 11 is 1.29. The largest absolute Gasteiger partial charge is 0.461 e. The molecule has 2 aliphatic rings. The molecular weight excluding hydrogens is 783 g/mol. The van der Waals surface area contributed by atoms with Gasteiger partial charge in [0.15, 0.2) is 8.32 Å². The van der Waals surface area contributed by atoms with Crippen molar-refractivity contribution in [3.63, 3.8) is 0 Å². The predicted octanol–water partition coefficient (Wildman–Crippen LogP) is 5.16. The quantitative estimate of drug-likeness (QED) is 0.0370. The Balaban J connectivity index is 1.32. The summed E-state index contributed by atoms with van der Waals surface area (Å²) < 4.78 is 29.9. The number of alkyl carbamates (subject to hydrolysis) is 2. The molecule has 6 N–H and O–H groups in total. The summed E-state index contributed by atoms with van der Waals surface area (Å²) in [5, 5.41) is 17.1. The lowest BCUT2D eigenvalue weighted by Crippen LogP contribution is -2.66. The number of aromatic nitrogens is 2. The average Bonchev–Trinajstić information content (AvgIpc) is 3.81. The monoisotopic (exact) mass is 837 g/mol. The number of nitrogens with two attached hydrogens (primary N) is 1. The molecule has 2 aromatic carbocycles. The first-order valence-electron chi connectivity index (χ1n) is 19.3. The molecule has 1 aliphatic carbocycles. The fourth-order valence-electron chi connectivity index (χ4n) is 6.62. The number of thioether (sulfide) groups is 1. The smallest absolute Gasteiger partial charge is 0.407 e. The van der Waals surface area contributed by atoms with Gasteiger partial charge >= 0.3 is 18.2 Å². The number of fused-ring (bicyclic) bond motifs is 3. The minimum Gasteiger partial charge on any atom is -0.461 e. The number of amides is 3. The van der Waals surface area contributed by atoms with E-state index in [9.17, 15) is 24.3 Å². The van der Waals surface area contributed by atoms with Gasteiger partial charge in [-0.2, -0.15) is 0 Å². The van der Waals surface area contributed by atoms with Crippen LogP contribution >= 0.6 is 11.8 Å². The Labute approximate surface area is 344 Å². The van der Waals surface area contributed by atoms with Gasteiger partial charge in [0.1, 0.15) is 43.5 Å². The number of benzene rings is 2. The number of carbonyl (C=O) groups is 4. The number of rotatable bonds is 18. The van der Waals surface area contributed by atoms with Crippen LogP contribution in [0.4, 0.5) is 9.59 Å². The highest BCUT2D eigenvalue weighted by Gasteiger charge is 2.51. The first kappa shape index (κ1) is 44.4. The van der Waals surface area contributed by atoms with Crippen molar-refractivity contribution in [1.82, 2.24) is 20.6 Å². The molecule has 0 saturated carbocycles. The van der Waals surface area contributed by atoms with Crippen molar-refractivity contribution in [2.75, 3.05) is 25.6 Å². The Morgan fingerprint density at radius 2 is 1.71 bits per heavy atom. The molecule has 5 rings (SSSR count). The molecule has 1 aliphatic heterocycles. The maximum Gasteiger partial charge on any atom is 0.407 e. The molecule has 15 nitrogen and oxygen atoms in total. The van der Waals surface area contributed by atoms with E-state index in [4.69, 9.17) is 29.1 Å². The minimum absolute atomic E-state index is 0.00533. The highest BCUT2D eigenvalue weighted by molar-refractivity contribution is 7.99. The van der Waals surface area contributed by atoms with Crippen molar-refractivity contribution in [3.8, 4) is 11.1 Å². The van der Waals surface area contributed by atoms with Crippen molar-refractivity contribution < 1.29 is 47.7 Å². The third-order valence-corrected chi connectivity index (χ3v) is 16.4. The van der Waals surface area contributed by atoms with Crippen LogP contribution in [0.1, 0.15) is 56.4 Å². The summed E-state index contributed by atoms with van der Waals surface area (Å²) in [5.74, 6) is -1.03. The van der Waals surface area contributed by atoms with Crippen LogP contribution in [0, 0.1) is 0 Å². The molecule has 0 radical (unpaired) electrons. The summed E-state index contributed by atoms with van der Waals surface area (Å²) in [6.07, 6.45) is -0.0920. The second-order valence-corrected chi connectivity index (χ2v) is 21.8. The summed E-state index contributed by atoms with van der Waals surface area (Å²) in [6, 6.07) is 13.8. The number of esters is 1. The standard InChI is InChI=1S/C41H55N5O10SSi/c1-7-18-52-40(51)46-34-36(56-58(5,6)41(2,3)4)35(48)32(55-38(34)57-19-12-17-33(42)47)23-53-37(49)31(20-25-21-43-24-44-25)45-39(50)54-22-30-28-15-10-8-13-26(28)27-14-9-11-16-29(27)30/h7-11,13-16,21,24,30-32,34-36,38,48H,1,12,17-20,22-23H2,2-6H3,(H2,42,47)(H,43,44)(H,45,50)(H,46,51)/t31-,32+,34+,35-,36+,38+/m0/s1. The number of aliphatic hydroxyl groups is 1. The van der Waals surface area contributed by atoms with E-state index in [1.54, 1.807) is 0 Å². The molecular formula is C41H55N5O10SSi. The number of hydrogen-bond acceptors (Lipinski definition) is 12. The Kier molecular flexibility index (Phi) is 15.2. The lowest BCUT2D eigenvalue weighted by Gasteiger charge is -2.49. The van der Waals surface area contributed by atoms with Crippen LogP contribution in [0.5, 0.6) is 0 Å². The van der Waals surface area contributed by atoms with Crippen molar-refractivity contribution in [2.45, 2.75) is 99.9 Å². The number of nitrogens with zero attached hydrogens (tertiary/aromatic N) is 1. The third-order valence-electron chi connectivity index (χ3n) is 10.7. The molecule has 0 spiro atoms.